The van der Waals surface area contributed by atoms with Crippen molar-refractivity contribution in [2.24, 2.45) is 0 Å². The molecule has 1 amide bonds. The van der Waals surface area contributed by atoms with Gasteiger partial charge in [0.05, 0.1) is 13.1 Å². The molecule has 0 atom stereocenters. The van der Waals surface area contributed by atoms with Crippen molar-refractivity contribution in [3.63, 3.8) is 0 Å². The number of carbonyl (C=O) groups excluding carboxylic acids is 1. The maximum absolute atomic E-state index is 11.6. The minimum atomic E-state index is 0.248. The molecule has 1 fully saturated rings. The third kappa shape index (κ3) is 2.64. The third-order valence-corrected chi connectivity index (χ3v) is 2.84. The highest BCUT2D eigenvalue weighted by molar-refractivity contribution is 5.76. The molecule has 4 nitrogen and oxygen atoms in total. The number of nitrogens with zero attached hydrogens (tertiary/aromatic N) is 1. The second-order valence-corrected chi connectivity index (χ2v) is 4.17. The van der Waals surface area contributed by atoms with E-state index in [0.29, 0.717) is 13.0 Å². The second-order valence-electron chi connectivity index (χ2n) is 4.17. The van der Waals surface area contributed by atoms with Crippen LogP contribution in [0.3, 0.4) is 0 Å². The second kappa shape index (κ2) is 5.16. The smallest absolute Gasteiger partial charge is 0.222 e. The van der Waals surface area contributed by atoms with E-state index in [1.165, 1.54) is 0 Å². The van der Waals surface area contributed by atoms with Crippen molar-refractivity contribution in [3.05, 3.63) is 23.7 Å². The summed E-state index contributed by atoms with van der Waals surface area (Å²) in [6, 6.07) is 3.91. The molecule has 1 saturated heterocycles. The third-order valence-electron chi connectivity index (χ3n) is 2.84. The minimum absolute atomic E-state index is 0.248. The van der Waals surface area contributed by atoms with Gasteiger partial charge in [0, 0.05) is 13.0 Å². The fourth-order valence-electron chi connectivity index (χ4n) is 1.99. The largest absolute Gasteiger partial charge is 0.463 e. The molecule has 0 unspecified atom stereocenters. The van der Waals surface area contributed by atoms with Crippen molar-refractivity contribution in [2.75, 3.05) is 13.6 Å². The van der Waals surface area contributed by atoms with E-state index in [0.717, 1.165) is 37.5 Å². The summed E-state index contributed by atoms with van der Waals surface area (Å²) < 4.78 is 5.62. The monoisotopic (exact) mass is 222 g/mol. The maximum atomic E-state index is 11.6. The van der Waals surface area contributed by atoms with Crippen LogP contribution in [0.4, 0.5) is 0 Å². The number of amides is 1. The van der Waals surface area contributed by atoms with Gasteiger partial charge < -0.3 is 14.6 Å². The Kier molecular flexibility index (Phi) is 3.62. The Labute approximate surface area is 95.6 Å². The van der Waals surface area contributed by atoms with Crippen LogP contribution in [0.5, 0.6) is 0 Å². The summed E-state index contributed by atoms with van der Waals surface area (Å²) in [7, 11) is 1.89. The molecule has 1 aliphatic heterocycles. The fraction of sp³-hybridized carbons (Fsp3) is 0.583. The Morgan fingerprint density at radius 1 is 1.38 bits per heavy atom. The number of piperidine rings is 1. The molecule has 0 aromatic carbocycles. The number of furan rings is 1. The lowest BCUT2D eigenvalue weighted by molar-refractivity contribution is -0.134. The van der Waals surface area contributed by atoms with Gasteiger partial charge in [-0.1, -0.05) is 0 Å². The zero-order valence-electron chi connectivity index (χ0n) is 9.66. The van der Waals surface area contributed by atoms with Crippen molar-refractivity contribution in [1.82, 2.24) is 10.2 Å². The molecule has 0 aliphatic carbocycles. The van der Waals surface area contributed by atoms with Gasteiger partial charge in [-0.25, -0.2) is 0 Å². The van der Waals surface area contributed by atoms with Gasteiger partial charge in [-0.3, -0.25) is 4.79 Å². The predicted molar refractivity (Wildman–Crippen MR) is 60.7 cm³/mol. The molecule has 1 aromatic heterocycles. The number of carbonyl (C=O) groups is 1. The van der Waals surface area contributed by atoms with E-state index in [2.05, 4.69) is 5.32 Å². The fourth-order valence-corrected chi connectivity index (χ4v) is 1.99. The van der Waals surface area contributed by atoms with Crippen molar-refractivity contribution in [3.8, 4) is 0 Å². The van der Waals surface area contributed by atoms with Crippen LogP contribution in [-0.4, -0.2) is 24.4 Å². The van der Waals surface area contributed by atoms with Gasteiger partial charge in [0.1, 0.15) is 11.5 Å². The molecule has 0 bridgehead atoms. The summed E-state index contributed by atoms with van der Waals surface area (Å²) in [5, 5.41) is 3.04. The molecule has 88 valence electrons. The van der Waals surface area contributed by atoms with E-state index in [-0.39, 0.29) is 5.91 Å². The zero-order chi connectivity index (χ0) is 11.4. The minimum Gasteiger partial charge on any atom is -0.463 e. The molecule has 0 saturated carbocycles. The summed E-state index contributed by atoms with van der Waals surface area (Å²) in [5.74, 6) is 2.04. The summed E-state index contributed by atoms with van der Waals surface area (Å²) in [5.41, 5.74) is 0. The molecule has 4 heteroatoms. The predicted octanol–water partition coefficient (Wildman–Crippen LogP) is 1.51. The van der Waals surface area contributed by atoms with Crippen LogP contribution in [0.1, 0.15) is 30.8 Å². The van der Waals surface area contributed by atoms with Gasteiger partial charge in [0.25, 0.3) is 0 Å². The molecule has 1 aromatic rings. The maximum Gasteiger partial charge on any atom is 0.222 e. The highest BCUT2D eigenvalue weighted by Crippen LogP contribution is 2.16. The first kappa shape index (κ1) is 11.2. The number of likely N-dealkylation sites (tertiary alicyclic amines) is 1. The molecular formula is C12H18N2O2. The lowest BCUT2D eigenvalue weighted by Gasteiger charge is -2.25. The Morgan fingerprint density at radius 3 is 2.94 bits per heavy atom. The Balaban J connectivity index is 1.94. The molecule has 0 radical (unpaired) electrons. The zero-order valence-corrected chi connectivity index (χ0v) is 9.66. The number of nitrogens with one attached hydrogen (secondary N) is 1. The first-order valence-electron chi connectivity index (χ1n) is 5.79. The first-order chi connectivity index (χ1) is 7.79. The van der Waals surface area contributed by atoms with Crippen LogP contribution in [0.2, 0.25) is 0 Å². The van der Waals surface area contributed by atoms with Crippen LogP contribution in [0.15, 0.2) is 16.5 Å². The van der Waals surface area contributed by atoms with Gasteiger partial charge in [-0.15, -0.1) is 0 Å². The highest BCUT2D eigenvalue weighted by atomic mass is 16.3. The average molecular weight is 222 g/mol. The number of hydrogen-bond donors (Lipinski definition) is 1. The van der Waals surface area contributed by atoms with Crippen molar-refractivity contribution in [2.45, 2.75) is 32.4 Å². The van der Waals surface area contributed by atoms with Crippen LogP contribution in [0.25, 0.3) is 0 Å². The van der Waals surface area contributed by atoms with Gasteiger partial charge >= 0.3 is 0 Å². The Hall–Kier alpha value is -1.29. The molecule has 2 heterocycles. The molecule has 1 N–H and O–H groups in total. The van der Waals surface area contributed by atoms with E-state index >= 15 is 0 Å². The van der Waals surface area contributed by atoms with Gasteiger partial charge in [-0.05, 0) is 32.0 Å². The molecular weight excluding hydrogens is 204 g/mol. The van der Waals surface area contributed by atoms with Crippen LogP contribution < -0.4 is 5.32 Å². The summed E-state index contributed by atoms with van der Waals surface area (Å²) in [6.45, 7) is 2.21. The number of rotatable bonds is 4. The average Bonchev–Trinajstić information content (AvgIpc) is 2.70. The standard InChI is InChI=1S/C12H18N2O2/c1-13-8-10-5-6-11(16-10)9-14-7-3-2-4-12(14)15/h5-6,13H,2-4,7-9H2,1H3. The quantitative estimate of drug-likeness (QED) is 0.840. The Bertz CT molecular complexity index is 360. The van der Waals surface area contributed by atoms with Crippen molar-refractivity contribution >= 4 is 5.91 Å². The molecule has 2 rings (SSSR count). The molecule has 0 spiro atoms. The van der Waals surface area contributed by atoms with Gasteiger partial charge in [-0.2, -0.15) is 0 Å². The summed E-state index contributed by atoms with van der Waals surface area (Å²) >= 11 is 0. The summed E-state index contributed by atoms with van der Waals surface area (Å²) in [6.07, 6.45) is 2.82. The van der Waals surface area contributed by atoms with E-state index < -0.39 is 0 Å². The van der Waals surface area contributed by atoms with Crippen LogP contribution in [-0.2, 0) is 17.9 Å². The van der Waals surface area contributed by atoms with E-state index in [4.69, 9.17) is 4.42 Å². The van der Waals surface area contributed by atoms with Gasteiger partial charge in [0.2, 0.25) is 5.91 Å². The van der Waals surface area contributed by atoms with Crippen LogP contribution in [0, 0.1) is 0 Å². The first-order valence-corrected chi connectivity index (χ1v) is 5.79. The summed E-state index contributed by atoms with van der Waals surface area (Å²) in [4.78, 5) is 13.5. The SMILES string of the molecule is CNCc1ccc(CN2CCCCC2=O)o1. The number of hydrogen-bond acceptors (Lipinski definition) is 3. The van der Waals surface area contributed by atoms with Crippen LogP contribution >= 0.6 is 0 Å². The van der Waals surface area contributed by atoms with Crippen molar-refractivity contribution < 1.29 is 9.21 Å². The lowest BCUT2D eigenvalue weighted by atomic mass is 10.1. The van der Waals surface area contributed by atoms with Gasteiger partial charge in [0.15, 0.2) is 0 Å². The van der Waals surface area contributed by atoms with E-state index in [1.54, 1.807) is 0 Å². The van der Waals surface area contributed by atoms with Crippen molar-refractivity contribution in [1.29, 1.82) is 0 Å². The molecule has 16 heavy (non-hydrogen) atoms. The van der Waals surface area contributed by atoms with E-state index in [1.807, 2.05) is 24.1 Å². The topological polar surface area (TPSA) is 45.5 Å². The van der Waals surface area contributed by atoms with E-state index in [9.17, 15) is 4.79 Å². The normalized spacial score (nSPS) is 16.8. The lowest BCUT2D eigenvalue weighted by Crippen LogP contribution is -2.34. The molecule has 1 aliphatic rings. The Morgan fingerprint density at radius 2 is 2.19 bits per heavy atom. The highest BCUT2D eigenvalue weighted by Gasteiger charge is 2.19.